The van der Waals surface area contributed by atoms with Crippen molar-refractivity contribution in [2.75, 3.05) is 18.9 Å². The number of amides is 1. The van der Waals surface area contributed by atoms with E-state index in [0.29, 0.717) is 17.4 Å². The van der Waals surface area contributed by atoms with Gasteiger partial charge in [0, 0.05) is 13.6 Å². The molecule has 110 valence electrons. The van der Waals surface area contributed by atoms with Crippen LogP contribution < -0.4 is 10.6 Å². The summed E-state index contributed by atoms with van der Waals surface area (Å²) in [6.07, 6.45) is 0. The van der Waals surface area contributed by atoms with Crippen LogP contribution in [0.15, 0.2) is 36.4 Å². The number of anilines is 1. The van der Waals surface area contributed by atoms with E-state index < -0.39 is 0 Å². The first-order valence-electron chi connectivity index (χ1n) is 6.96. The second-order valence-electron chi connectivity index (χ2n) is 5.08. The fourth-order valence-electron chi connectivity index (χ4n) is 1.95. The minimum Gasteiger partial charge on any atom is -0.368 e. The van der Waals surface area contributed by atoms with Crippen LogP contribution in [-0.4, -0.2) is 29.7 Å². The predicted molar refractivity (Wildman–Crippen MR) is 83.5 cm³/mol. The minimum absolute atomic E-state index is 0.234. The van der Waals surface area contributed by atoms with Crippen molar-refractivity contribution in [3.05, 3.63) is 53.2 Å². The van der Waals surface area contributed by atoms with E-state index in [9.17, 15) is 4.79 Å². The molecule has 1 unspecified atom stereocenters. The summed E-state index contributed by atoms with van der Waals surface area (Å²) in [5.41, 5.74) is 2.85. The Morgan fingerprint density at radius 1 is 1.14 bits per heavy atom. The molecule has 1 atom stereocenters. The molecule has 1 aromatic carbocycles. The van der Waals surface area contributed by atoms with Crippen LogP contribution in [0, 0.1) is 6.92 Å². The van der Waals surface area contributed by atoms with Crippen LogP contribution >= 0.6 is 0 Å². The zero-order chi connectivity index (χ0) is 15.2. The number of carbonyl (C=O) groups is 1. The molecule has 5 heteroatoms. The Hall–Kier alpha value is -2.43. The van der Waals surface area contributed by atoms with Gasteiger partial charge in [-0.1, -0.05) is 36.8 Å². The third kappa shape index (κ3) is 4.02. The van der Waals surface area contributed by atoms with Gasteiger partial charge in [0.05, 0.1) is 0 Å². The average Bonchev–Trinajstić information content (AvgIpc) is 2.53. The molecule has 0 spiro atoms. The average molecular weight is 284 g/mol. The standard InChI is InChI=1S/C16H20N4O/c1-11-4-6-13(7-5-11)12(2)10-18-15-9-8-14(19-20-15)16(21)17-3/h4-9,12H,10H2,1-3H3,(H,17,21)(H,18,20). The predicted octanol–water partition coefficient (Wildman–Crippen LogP) is 2.36. The molecule has 5 nitrogen and oxygen atoms in total. The monoisotopic (exact) mass is 284 g/mol. The van der Waals surface area contributed by atoms with Crippen LogP contribution in [0.5, 0.6) is 0 Å². The molecule has 21 heavy (non-hydrogen) atoms. The summed E-state index contributed by atoms with van der Waals surface area (Å²) in [6.45, 7) is 5.00. The van der Waals surface area contributed by atoms with Gasteiger partial charge in [-0.3, -0.25) is 4.79 Å². The number of benzene rings is 1. The zero-order valence-electron chi connectivity index (χ0n) is 12.6. The van der Waals surface area contributed by atoms with E-state index in [2.05, 4.69) is 58.9 Å². The number of aryl methyl sites for hydroxylation is 1. The maximum absolute atomic E-state index is 11.4. The Bertz CT molecular complexity index is 593. The van der Waals surface area contributed by atoms with Crippen molar-refractivity contribution in [2.24, 2.45) is 0 Å². The lowest BCUT2D eigenvalue weighted by Crippen LogP contribution is -2.20. The molecule has 0 aliphatic carbocycles. The number of hydrogen-bond donors (Lipinski definition) is 2. The number of rotatable bonds is 5. The molecular formula is C16H20N4O. The smallest absolute Gasteiger partial charge is 0.271 e. The zero-order valence-corrected chi connectivity index (χ0v) is 12.6. The lowest BCUT2D eigenvalue weighted by Gasteiger charge is -2.13. The molecule has 2 N–H and O–H groups in total. The Morgan fingerprint density at radius 2 is 1.86 bits per heavy atom. The van der Waals surface area contributed by atoms with Gasteiger partial charge in [-0.2, -0.15) is 0 Å². The van der Waals surface area contributed by atoms with E-state index in [1.165, 1.54) is 11.1 Å². The third-order valence-electron chi connectivity index (χ3n) is 3.36. The van der Waals surface area contributed by atoms with E-state index >= 15 is 0 Å². The Kier molecular flexibility index (Phi) is 4.87. The van der Waals surface area contributed by atoms with Gasteiger partial charge < -0.3 is 10.6 Å². The van der Waals surface area contributed by atoms with Gasteiger partial charge in [-0.15, -0.1) is 10.2 Å². The highest BCUT2D eigenvalue weighted by atomic mass is 16.1. The van der Waals surface area contributed by atoms with Gasteiger partial charge in [-0.05, 0) is 30.5 Å². The lowest BCUT2D eigenvalue weighted by atomic mass is 10.0. The summed E-state index contributed by atoms with van der Waals surface area (Å²) in [4.78, 5) is 11.4. The van der Waals surface area contributed by atoms with Crippen molar-refractivity contribution in [1.29, 1.82) is 0 Å². The van der Waals surface area contributed by atoms with E-state index in [0.717, 1.165) is 6.54 Å². The largest absolute Gasteiger partial charge is 0.368 e. The van der Waals surface area contributed by atoms with E-state index in [1.807, 2.05) is 0 Å². The van der Waals surface area contributed by atoms with Gasteiger partial charge in [0.2, 0.25) is 0 Å². The molecule has 0 bridgehead atoms. The van der Waals surface area contributed by atoms with Gasteiger partial charge >= 0.3 is 0 Å². The molecule has 0 saturated carbocycles. The normalized spacial score (nSPS) is 11.8. The first-order valence-corrected chi connectivity index (χ1v) is 6.96. The quantitative estimate of drug-likeness (QED) is 0.884. The SMILES string of the molecule is CNC(=O)c1ccc(NCC(C)c2ccc(C)cc2)nn1. The van der Waals surface area contributed by atoms with Crippen molar-refractivity contribution in [3.8, 4) is 0 Å². The summed E-state index contributed by atoms with van der Waals surface area (Å²) in [5.74, 6) is 0.801. The molecule has 1 heterocycles. The topological polar surface area (TPSA) is 66.9 Å². The van der Waals surface area contributed by atoms with E-state index in [-0.39, 0.29) is 5.91 Å². The summed E-state index contributed by atoms with van der Waals surface area (Å²) in [7, 11) is 1.57. The first kappa shape index (κ1) is 15.0. The fourth-order valence-corrected chi connectivity index (χ4v) is 1.95. The Labute approximate surface area is 124 Å². The van der Waals surface area contributed by atoms with Gasteiger partial charge in [-0.25, -0.2) is 0 Å². The van der Waals surface area contributed by atoms with Crippen molar-refractivity contribution in [3.63, 3.8) is 0 Å². The molecule has 0 fully saturated rings. The number of carbonyl (C=O) groups excluding carboxylic acids is 1. The molecule has 2 aromatic rings. The number of nitrogens with one attached hydrogen (secondary N) is 2. The molecule has 0 radical (unpaired) electrons. The second-order valence-corrected chi connectivity index (χ2v) is 5.08. The summed E-state index contributed by atoms with van der Waals surface area (Å²) >= 11 is 0. The lowest BCUT2D eigenvalue weighted by molar-refractivity contribution is 0.0957. The van der Waals surface area contributed by atoms with Crippen LogP contribution in [0.3, 0.4) is 0 Å². The van der Waals surface area contributed by atoms with Crippen molar-refractivity contribution >= 4 is 11.7 Å². The maximum atomic E-state index is 11.4. The summed E-state index contributed by atoms with van der Waals surface area (Å²) < 4.78 is 0. The fraction of sp³-hybridized carbons (Fsp3) is 0.312. The maximum Gasteiger partial charge on any atom is 0.271 e. The van der Waals surface area contributed by atoms with E-state index in [4.69, 9.17) is 0 Å². The van der Waals surface area contributed by atoms with Crippen LogP contribution in [0.4, 0.5) is 5.82 Å². The molecule has 0 aliphatic rings. The molecule has 0 saturated heterocycles. The van der Waals surface area contributed by atoms with Crippen LogP contribution in [0.1, 0.15) is 34.5 Å². The van der Waals surface area contributed by atoms with Gasteiger partial charge in [0.1, 0.15) is 5.82 Å². The van der Waals surface area contributed by atoms with Crippen molar-refractivity contribution in [1.82, 2.24) is 15.5 Å². The van der Waals surface area contributed by atoms with Crippen LogP contribution in [0.25, 0.3) is 0 Å². The summed E-state index contributed by atoms with van der Waals surface area (Å²) in [6, 6.07) is 11.9. The van der Waals surface area contributed by atoms with Crippen LogP contribution in [-0.2, 0) is 0 Å². The van der Waals surface area contributed by atoms with Crippen LogP contribution in [0.2, 0.25) is 0 Å². The third-order valence-corrected chi connectivity index (χ3v) is 3.36. The molecule has 0 aliphatic heterocycles. The van der Waals surface area contributed by atoms with Crippen molar-refractivity contribution in [2.45, 2.75) is 19.8 Å². The highest BCUT2D eigenvalue weighted by Gasteiger charge is 2.07. The summed E-state index contributed by atoms with van der Waals surface area (Å²) in [5, 5.41) is 13.6. The molecular weight excluding hydrogens is 264 g/mol. The number of hydrogen-bond acceptors (Lipinski definition) is 4. The molecule has 2 rings (SSSR count). The van der Waals surface area contributed by atoms with E-state index in [1.54, 1.807) is 19.2 Å². The second kappa shape index (κ2) is 6.83. The molecule has 1 amide bonds. The molecule has 1 aromatic heterocycles. The Balaban J connectivity index is 1.93. The Morgan fingerprint density at radius 3 is 2.43 bits per heavy atom. The number of aromatic nitrogens is 2. The van der Waals surface area contributed by atoms with Gasteiger partial charge in [0.25, 0.3) is 5.91 Å². The first-order chi connectivity index (χ1) is 10.1. The van der Waals surface area contributed by atoms with Gasteiger partial charge in [0.15, 0.2) is 5.69 Å². The van der Waals surface area contributed by atoms with Crippen molar-refractivity contribution < 1.29 is 4.79 Å². The number of nitrogens with zero attached hydrogens (tertiary/aromatic N) is 2. The highest BCUT2D eigenvalue weighted by molar-refractivity contribution is 5.91. The highest BCUT2D eigenvalue weighted by Crippen LogP contribution is 2.16. The minimum atomic E-state index is -0.234.